The summed E-state index contributed by atoms with van der Waals surface area (Å²) in [6.45, 7) is 0. The van der Waals surface area contributed by atoms with Crippen molar-refractivity contribution in [3.05, 3.63) is 87.4 Å². The van der Waals surface area contributed by atoms with Gasteiger partial charge in [0.15, 0.2) is 5.71 Å². The van der Waals surface area contributed by atoms with Crippen LogP contribution in [0.25, 0.3) is 10.8 Å². The molecule has 3 aromatic rings. The van der Waals surface area contributed by atoms with Crippen LogP contribution in [0.2, 0.25) is 0 Å². The summed E-state index contributed by atoms with van der Waals surface area (Å²) in [6.07, 6.45) is -1.43. The third-order valence-electron chi connectivity index (χ3n) is 4.56. The maximum atomic E-state index is 13.9. The summed E-state index contributed by atoms with van der Waals surface area (Å²) in [5.74, 6) is -0.978. The highest BCUT2D eigenvalue weighted by atomic mass is 79.9. The molecule has 0 aliphatic carbocycles. The summed E-state index contributed by atoms with van der Waals surface area (Å²) in [6, 6.07) is 18.0. The van der Waals surface area contributed by atoms with Gasteiger partial charge in [0.1, 0.15) is 0 Å². The normalized spacial score (nSPS) is 17.1. The third-order valence-corrected chi connectivity index (χ3v) is 5.97. The molecule has 0 amide bonds. The first-order valence-corrected chi connectivity index (χ1v) is 10.00. The Morgan fingerprint density at radius 2 is 1.50 bits per heavy atom. The van der Waals surface area contributed by atoms with Crippen molar-refractivity contribution in [2.75, 3.05) is 5.01 Å². The fraction of sp³-hybridized carbons (Fsp3) is 0.0952. The molecule has 0 saturated carbocycles. The van der Waals surface area contributed by atoms with Crippen LogP contribution in [-0.2, 0) is 0 Å². The molecule has 3 aromatic carbocycles. The van der Waals surface area contributed by atoms with E-state index in [2.05, 4.69) is 37.0 Å². The fourth-order valence-corrected chi connectivity index (χ4v) is 4.27. The van der Waals surface area contributed by atoms with Crippen LogP contribution in [0.5, 0.6) is 0 Å². The Hall–Kier alpha value is -2.12. The molecule has 142 valence electrons. The van der Waals surface area contributed by atoms with E-state index in [-0.39, 0.29) is 0 Å². The zero-order chi connectivity index (χ0) is 19.9. The molecular weight excluding hydrogens is 497 g/mol. The molecule has 0 bridgehead atoms. The molecule has 1 unspecified atom stereocenters. The van der Waals surface area contributed by atoms with Gasteiger partial charge in [-0.25, -0.2) is 5.01 Å². The van der Waals surface area contributed by atoms with Crippen LogP contribution in [0.15, 0.2) is 87.0 Å². The molecule has 7 heteroatoms. The highest BCUT2D eigenvalue weighted by Gasteiger charge is 2.43. The van der Waals surface area contributed by atoms with Gasteiger partial charge < -0.3 is 0 Å². The average molecular weight is 510 g/mol. The van der Waals surface area contributed by atoms with Gasteiger partial charge in [-0.15, -0.1) is 0 Å². The molecule has 4 rings (SSSR count). The second-order valence-electron chi connectivity index (χ2n) is 6.28. The van der Waals surface area contributed by atoms with E-state index >= 15 is 0 Å². The van der Waals surface area contributed by atoms with Crippen molar-refractivity contribution >= 4 is 54.0 Å². The quantitative estimate of drug-likeness (QED) is 0.351. The largest absolute Gasteiger partial charge is 0.432 e. The Kier molecular flexibility index (Phi) is 5.05. The predicted molar refractivity (Wildman–Crippen MR) is 114 cm³/mol. The van der Waals surface area contributed by atoms with Crippen LogP contribution < -0.4 is 5.01 Å². The van der Waals surface area contributed by atoms with Gasteiger partial charge in [-0.3, -0.25) is 0 Å². The average Bonchev–Trinajstić information content (AvgIpc) is 2.68. The van der Waals surface area contributed by atoms with Crippen molar-refractivity contribution < 1.29 is 13.2 Å². The highest BCUT2D eigenvalue weighted by molar-refractivity contribution is 9.11. The number of benzene rings is 3. The second-order valence-corrected chi connectivity index (χ2v) is 7.99. The van der Waals surface area contributed by atoms with E-state index in [1.54, 1.807) is 36.5 Å². The van der Waals surface area contributed by atoms with Crippen molar-refractivity contribution in [1.82, 2.24) is 0 Å². The molecule has 0 N–H and O–H groups in total. The highest BCUT2D eigenvalue weighted by Crippen LogP contribution is 2.39. The lowest BCUT2D eigenvalue weighted by Gasteiger charge is -2.28. The first-order chi connectivity index (χ1) is 13.4. The first kappa shape index (κ1) is 19.2. The standard InChI is InChI=1S/C21H13Br2F3N2/c22-17-8-4-3-6-14(17)16-11-12-28(27-20(16)21(24,25)26)19-10-9-18(23)13-5-1-2-7-15(13)19/h1-12,16H. The lowest BCUT2D eigenvalue weighted by molar-refractivity contribution is -0.0611. The Balaban J connectivity index is 1.84. The van der Waals surface area contributed by atoms with Crippen LogP contribution in [0.1, 0.15) is 11.5 Å². The van der Waals surface area contributed by atoms with E-state index in [0.29, 0.717) is 15.7 Å². The number of halogens is 5. The van der Waals surface area contributed by atoms with E-state index < -0.39 is 17.8 Å². The summed E-state index contributed by atoms with van der Waals surface area (Å²) in [5.41, 5.74) is 0.256. The fourth-order valence-electron chi connectivity index (χ4n) is 3.26. The summed E-state index contributed by atoms with van der Waals surface area (Å²) in [7, 11) is 0. The number of fused-ring (bicyclic) bond motifs is 1. The Labute approximate surface area is 176 Å². The van der Waals surface area contributed by atoms with Gasteiger partial charge in [0, 0.05) is 20.5 Å². The summed E-state index contributed by atoms with van der Waals surface area (Å²) in [4.78, 5) is 0. The third kappa shape index (κ3) is 3.49. The number of hydrogen-bond donors (Lipinski definition) is 0. The van der Waals surface area contributed by atoms with Crippen LogP contribution in [0.4, 0.5) is 18.9 Å². The molecule has 1 heterocycles. The van der Waals surface area contributed by atoms with Crippen LogP contribution >= 0.6 is 31.9 Å². The van der Waals surface area contributed by atoms with E-state index in [1.807, 2.05) is 30.3 Å². The molecule has 2 nitrogen and oxygen atoms in total. The van der Waals surface area contributed by atoms with Crippen molar-refractivity contribution in [1.29, 1.82) is 0 Å². The smallest absolute Gasteiger partial charge is 0.240 e. The van der Waals surface area contributed by atoms with E-state index in [1.165, 1.54) is 11.1 Å². The number of allylic oxidation sites excluding steroid dienone is 1. The summed E-state index contributed by atoms with van der Waals surface area (Å²) < 4.78 is 43.1. The number of rotatable bonds is 2. The zero-order valence-corrected chi connectivity index (χ0v) is 17.5. The number of alkyl halides is 3. The number of anilines is 1. The summed E-state index contributed by atoms with van der Waals surface area (Å²) >= 11 is 6.84. The molecule has 0 aromatic heterocycles. The van der Waals surface area contributed by atoms with Gasteiger partial charge in [0.25, 0.3) is 0 Å². The predicted octanol–water partition coefficient (Wildman–Crippen LogP) is 7.40. The molecule has 1 atom stereocenters. The molecule has 0 fully saturated rings. The molecular formula is C21H13Br2F3N2. The maximum Gasteiger partial charge on any atom is 0.432 e. The van der Waals surface area contributed by atoms with Gasteiger partial charge >= 0.3 is 6.18 Å². The Morgan fingerprint density at radius 3 is 2.21 bits per heavy atom. The lowest BCUT2D eigenvalue weighted by atomic mass is 9.92. The van der Waals surface area contributed by atoms with E-state index in [4.69, 9.17) is 0 Å². The number of nitrogens with zero attached hydrogens (tertiary/aromatic N) is 2. The van der Waals surface area contributed by atoms with Crippen molar-refractivity contribution in [3.8, 4) is 0 Å². The van der Waals surface area contributed by atoms with Crippen molar-refractivity contribution in [3.63, 3.8) is 0 Å². The monoisotopic (exact) mass is 508 g/mol. The Bertz CT molecular complexity index is 1110. The number of hydrogen-bond acceptors (Lipinski definition) is 2. The SMILES string of the molecule is FC(F)(F)C1=NN(c2ccc(Br)c3ccccc23)C=CC1c1ccccc1Br. The number of hydrazone groups is 1. The van der Waals surface area contributed by atoms with Crippen LogP contribution in [-0.4, -0.2) is 11.9 Å². The van der Waals surface area contributed by atoms with E-state index in [9.17, 15) is 13.2 Å². The molecule has 0 saturated heterocycles. The molecule has 0 radical (unpaired) electrons. The second kappa shape index (κ2) is 7.37. The lowest BCUT2D eigenvalue weighted by Crippen LogP contribution is -2.34. The topological polar surface area (TPSA) is 15.6 Å². The maximum absolute atomic E-state index is 13.9. The van der Waals surface area contributed by atoms with Gasteiger partial charge in [0.05, 0.1) is 11.6 Å². The van der Waals surface area contributed by atoms with Gasteiger partial charge in [0.2, 0.25) is 0 Å². The minimum absolute atomic E-state index is 0.523. The van der Waals surface area contributed by atoms with E-state index in [0.717, 1.165) is 15.2 Å². The minimum Gasteiger partial charge on any atom is -0.240 e. The van der Waals surface area contributed by atoms with Crippen molar-refractivity contribution in [2.45, 2.75) is 12.1 Å². The molecule has 1 aliphatic heterocycles. The summed E-state index contributed by atoms with van der Waals surface area (Å²) in [5, 5.41) is 7.02. The van der Waals surface area contributed by atoms with Crippen molar-refractivity contribution in [2.24, 2.45) is 5.10 Å². The molecule has 1 aliphatic rings. The molecule has 28 heavy (non-hydrogen) atoms. The van der Waals surface area contributed by atoms with Gasteiger partial charge in [-0.1, -0.05) is 80.4 Å². The Morgan fingerprint density at radius 1 is 0.821 bits per heavy atom. The van der Waals surface area contributed by atoms with Gasteiger partial charge in [-0.2, -0.15) is 18.3 Å². The zero-order valence-electron chi connectivity index (χ0n) is 14.3. The first-order valence-electron chi connectivity index (χ1n) is 8.41. The molecule has 0 spiro atoms. The van der Waals surface area contributed by atoms with Gasteiger partial charge in [-0.05, 0) is 29.1 Å². The van der Waals surface area contributed by atoms with Crippen LogP contribution in [0, 0.1) is 0 Å². The minimum atomic E-state index is -4.56. The van der Waals surface area contributed by atoms with Crippen LogP contribution in [0.3, 0.4) is 0 Å².